The SMILES string of the molecule is CC[C@H](C)[C@@H](CO)NC(=O)c1ccc2nc(-n3c(C)ccc3C)sc2c1. The summed E-state index contributed by atoms with van der Waals surface area (Å²) in [7, 11) is 0. The van der Waals surface area contributed by atoms with Crippen LogP contribution in [0.3, 0.4) is 0 Å². The van der Waals surface area contributed by atoms with E-state index in [2.05, 4.69) is 42.8 Å². The Morgan fingerprint density at radius 3 is 2.58 bits per heavy atom. The summed E-state index contributed by atoms with van der Waals surface area (Å²) in [5.41, 5.74) is 3.75. The van der Waals surface area contributed by atoms with Crippen molar-refractivity contribution in [3.8, 4) is 5.13 Å². The van der Waals surface area contributed by atoms with Crippen LogP contribution in [-0.4, -0.2) is 33.2 Å². The van der Waals surface area contributed by atoms with E-state index in [1.807, 2.05) is 19.1 Å². The van der Waals surface area contributed by atoms with Gasteiger partial charge in [-0.05, 0) is 50.1 Å². The number of aliphatic hydroxyl groups excluding tert-OH is 1. The van der Waals surface area contributed by atoms with Crippen LogP contribution in [0, 0.1) is 19.8 Å². The Labute approximate surface area is 157 Å². The Hall–Kier alpha value is -2.18. The molecule has 0 spiro atoms. The Balaban J connectivity index is 1.89. The van der Waals surface area contributed by atoms with Crippen LogP contribution >= 0.6 is 11.3 Å². The third-order valence-corrected chi connectivity index (χ3v) is 5.95. The van der Waals surface area contributed by atoms with Crippen LogP contribution < -0.4 is 5.32 Å². The molecule has 0 saturated heterocycles. The summed E-state index contributed by atoms with van der Waals surface area (Å²) in [4.78, 5) is 17.3. The van der Waals surface area contributed by atoms with E-state index in [0.717, 1.165) is 33.2 Å². The van der Waals surface area contributed by atoms with Crippen molar-refractivity contribution in [2.24, 2.45) is 5.92 Å². The van der Waals surface area contributed by atoms with Crippen molar-refractivity contribution in [3.05, 3.63) is 47.3 Å². The Kier molecular flexibility index (Phi) is 5.44. The number of rotatable bonds is 6. The molecule has 3 rings (SSSR count). The van der Waals surface area contributed by atoms with Crippen molar-refractivity contribution in [2.75, 3.05) is 6.61 Å². The molecule has 0 unspecified atom stereocenters. The summed E-state index contributed by atoms with van der Waals surface area (Å²) in [6.45, 7) is 8.14. The molecule has 1 amide bonds. The second kappa shape index (κ2) is 7.60. The van der Waals surface area contributed by atoms with E-state index < -0.39 is 0 Å². The molecule has 0 saturated carbocycles. The van der Waals surface area contributed by atoms with Gasteiger partial charge in [0.15, 0.2) is 5.13 Å². The first-order chi connectivity index (χ1) is 12.4. The number of nitrogens with zero attached hydrogens (tertiary/aromatic N) is 2. The topological polar surface area (TPSA) is 67.2 Å². The standard InChI is InChI=1S/C20H25N3O2S/c1-5-12(2)17(11-24)21-19(25)15-8-9-16-18(10-15)26-20(22-16)23-13(3)6-7-14(23)4/h6-10,12,17,24H,5,11H2,1-4H3,(H,21,25)/t12-,17+/m0/s1. The Bertz CT molecular complexity index is 909. The van der Waals surface area contributed by atoms with Gasteiger partial charge in [-0.25, -0.2) is 4.98 Å². The first kappa shape index (κ1) is 18.6. The molecule has 26 heavy (non-hydrogen) atoms. The van der Waals surface area contributed by atoms with Gasteiger partial charge in [0.1, 0.15) is 0 Å². The lowest BCUT2D eigenvalue weighted by molar-refractivity contribution is 0.0891. The lowest BCUT2D eigenvalue weighted by Crippen LogP contribution is -2.41. The molecule has 5 nitrogen and oxygen atoms in total. The van der Waals surface area contributed by atoms with Gasteiger partial charge in [0.05, 0.1) is 22.9 Å². The fourth-order valence-corrected chi connectivity index (χ4v) is 4.15. The number of aryl methyl sites for hydroxylation is 2. The number of amides is 1. The van der Waals surface area contributed by atoms with Crippen molar-refractivity contribution in [3.63, 3.8) is 0 Å². The number of hydrogen-bond acceptors (Lipinski definition) is 4. The number of nitrogens with one attached hydrogen (secondary N) is 1. The van der Waals surface area contributed by atoms with E-state index in [-0.39, 0.29) is 24.5 Å². The molecule has 0 radical (unpaired) electrons. The highest BCUT2D eigenvalue weighted by Gasteiger charge is 2.19. The maximum Gasteiger partial charge on any atom is 0.251 e. The molecule has 0 aliphatic carbocycles. The lowest BCUT2D eigenvalue weighted by atomic mass is 9.99. The molecule has 0 bridgehead atoms. The molecular formula is C20H25N3O2S. The minimum atomic E-state index is -0.231. The van der Waals surface area contributed by atoms with Gasteiger partial charge in [-0.1, -0.05) is 31.6 Å². The lowest BCUT2D eigenvalue weighted by Gasteiger charge is -2.22. The molecule has 138 valence electrons. The maximum atomic E-state index is 12.6. The van der Waals surface area contributed by atoms with Crippen molar-refractivity contribution >= 4 is 27.5 Å². The fraction of sp³-hybridized carbons (Fsp3) is 0.400. The second-order valence-corrected chi connectivity index (χ2v) is 7.79. The predicted octanol–water partition coefficient (Wildman–Crippen LogP) is 3.84. The van der Waals surface area contributed by atoms with Crippen LogP contribution in [0.1, 0.15) is 42.0 Å². The monoisotopic (exact) mass is 371 g/mol. The van der Waals surface area contributed by atoms with E-state index in [1.54, 1.807) is 17.4 Å². The zero-order chi connectivity index (χ0) is 18.8. The number of aliphatic hydroxyl groups is 1. The number of thiazole rings is 1. The maximum absolute atomic E-state index is 12.6. The number of carbonyl (C=O) groups excluding carboxylic acids is 1. The molecule has 2 atom stereocenters. The summed E-state index contributed by atoms with van der Waals surface area (Å²) in [5.74, 6) is 0.0666. The van der Waals surface area contributed by atoms with Crippen LogP contribution in [0.5, 0.6) is 0 Å². The summed E-state index contributed by atoms with van der Waals surface area (Å²) >= 11 is 1.57. The van der Waals surface area contributed by atoms with Gasteiger partial charge in [0, 0.05) is 17.0 Å². The molecular weight excluding hydrogens is 346 g/mol. The normalized spacial score (nSPS) is 13.7. The summed E-state index contributed by atoms with van der Waals surface area (Å²) in [6.07, 6.45) is 0.901. The van der Waals surface area contributed by atoms with Crippen LogP contribution in [0.2, 0.25) is 0 Å². The Morgan fingerprint density at radius 2 is 1.96 bits per heavy atom. The Morgan fingerprint density at radius 1 is 1.27 bits per heavy atom. The van der Waals surface area contributed by atoms with Crippen LogP contribution in [0.4, 0.5) is 0 Å². The summed E-state index contributed by atoms with van der Waals surface area (Å²) < 4.78 is 3.10. The fourth-order valence-electron chi connectivity index (χ4n) is 3.02. The third-order valence-electron chi connectivity index (χ3n) is 4.95. The van der Waals surface area contributed by atoms with E-state index in [1.165, 1.54) is 0 Å². The van der Waals surface area contributed by atoms with Gasteiger partial charge in [0.25, 0.3) is 5.91 Å². The number of fused-ring (bicyclic) bond motifs is 1. The average molecular weight is 372 g/mol. The second-order valence-electron chi connectivity index (χ2n) is 6.78. The number of aromatic nitrogens is 2. The van der Waals surface area contributed by atoms with Crippen LogP contribution in [-0.2, 0) is 0 Å². The minimum absolute atomic E-state index is 0.0557. The molecule has 2 N–H and O–H groups in total. The van der Waals surface area contributed by atoms with Crippen LogP contribution in [0.15, 0.2) is 30.3 Å². The molecule has 0 aliphatic heterocycles. The number of carbonyl (C=O) groups is 1. The van der Waals surface area contributed by atoms with Gasteiger partial charge in [-0.3, -0.25) is 9.36 Å². The van der Waals surface area contributed by atoms with Gasteiger partial charge >= 0.3 is 0 Å². The smallest absolute Gasteiger partial charge is 0.251 e. The number of hydrogen-bond donors (Lipinski definition) is 2. The third kappa shape index (κ3) is 3.52. The molecule has 0 fully saturated rings. The quantitative estimate of drug-likeness (QED) is 0.692. The van der Waals surface area contributed by atoms with Gasteiger partial charge in [-0.15, -0.1) is 0 Å². The van der Waals surface area contributed by atoms with E-state index >= 15 is 0 Å². The van der Waals surface area contributed by atoms with E-state index in [0.29, 0.717) is 5.56 Å². The predicted molar refractivity (Wildman–Crippen MR) is 106 cm³/mol. The van der Waals surface area contributed by atoms with Crippen LogP contribution in [0.25, 0.3) is 15.3 Å². The largest absolute Gasteiger partial charge is 0.394 e. The zero-order valence-corrected chi connectivity index (χ0v) is 16.4. The van der Waals surface area contributed by atoms with Gasteiger partial charge in [0.2, 0.25) is 0 Å². The van der Waals surface area contributed by atoms with Crippen molar-refractivity contribution < 1.29 is 9.90 Å². The first-order valence-corrected chi connectivity index (χ1v) is 9.73. The molecule has 6 heteroatoms. The number of benzene rings is 1. The van der Waals surface area contributed by atoms with E-state index in [9.17, 15) is 9.90 Å². The minimum Gasteiger partial charge on any atom is -0.394 e. The molecule has 0 aliphatic rings. The van der Waals surface area contributed by atoms with Crippen molar-refractivity contribution in [1.29, 1.82) is 0 Å². The zero-order valence-electron chi connectivity index (χ0n) is 15.6. The average Bonchev–Trinajstić information content (AvgIpc) is 3.20. The molecule has 3 aromatic rings. The first-order valence-electron chi connectivity index (χ1n) is 8.92. The van der Waals surface area contributed by atoms with E-state index in [4.69, 9.17) is 4.98 Å². The van der Waals surface area contributed by atoms with Crippen molar-refractivity contribution in [2.45, 2.75) is 40.2 Å². The molecule has 2 heterocycles. The highest BCUT2D eigenvalue weighted by Crippen LogP contribution is 2.28. The summed E-state index contributed by atoms with van der Waals surface area (Å²) in [6, 6.07) is 9.47. The van der Waals surface area contributed by atoms with Gasteiger partial charge in [-0.2, -0.15) is 0 Å². The molecule has 2 aromatic heterocycles. The van der Waals surface area contributed by atoms with Crippen molar-refractivity contribution in [1.82, 2.24) is 14.9 Å². The van der Waals surface area contributed by atoms with Gasteiger partial charge < -0.3 is 10.4 Å². The highest BCUT2D eigenvalue weighted by atomic mass is 32.1. The molecule has 1 aromatic carbocycles. The highest BCUT2D eigenvalue weighted by molar-refractivity contribution is 7.20. The summed E-state index contributed by atoms with van der Waals surface area (Å²) in [5, 5.41) is 13.4.